The third kappa shape index (κ3) is 2.46. The quantitative estimate of drug-likeness (QED) is 0.659. The minimum absolute atomic E-state index is 0.310. The first-order chi connectivity index (χ1) is 5.24. The Balaban J connectivity index is 2.23. The van der Waals surface area contributed by atoms with E-state index in [2.05, 4.69) is 18.7 Å². The van der Waals surface area contributed by atoms with E-state index in [4.69, 9.17) is 5.11 Å². The molecular formula is C9H19NO. The highest BCUT2D eigenvalue weighted by atomic mass is 16.3. The predicted octanol–water partition coefficient (Wildman–Crippen LogP) is 0.957. The van der Waals surface area contributed by atoms with Crippen LogP contribution in [0.1, 0.15) is 20.3 Å². The van der Waals surface area contributed by atoms with E-state index >= 15 is 0 Å². The van der Waals surface area contributed by atoms with E-state index < -0.39 is 0 Å². The zero-order valence-electron chi connectivity index (χ0n) is 7.58. The smallest absolute Gasteiger partial charge is 0.0558 e. The van der Waals surface area contributed by atoms with Gasteiger partial charge in [0.2, 0.25) is 0 Å². The summed E-state index contributed by atoms with van der Waals surface area (Å²) in [5.74, 6) is 1.67. The maximum absolute atomic E-state index is 8.71. The molecule has 0 aromatic heterocycles. The van der Waals surface area contributed by atoms with Crippen LogP contribution in [0.5, 0.6) is 0 Å². The van der Waals surface area contributed by atoms with E-state index in [1.807, 2.05) is 0 Å². The van der Waals surface area contributed by atoms with Crippen LogP contribution in [0.25, 0.3) is 0 Å². The molecule has 1 N–H and O–H groups in total. The van der Waals surface area contributed by atoms with E-state index in [-0.39, 0.29) is 0 Å². The number of hydrogen-bond acceptors (Lipinski definition) is 2. The summed E-state index contributed by atoms with van der Waals surface area (Å²) in [6.07, 6.45) is 1.32. The van der Waals surface area contributed by atoms with Crippen LogP contribution < -0.4 is 0 Å². The lowest BCUT2D eigenvalue weighted by Gasteiger charge is -2.16. The molecule has 66 valence electrons. The van der Waals surface area contributed by atoms with Crippen molar-refractivity contribution in [2.75, 3.05) is 26.2 Å². The zero-order valence-corrected chi connectivity index (χ0v) is 7.58. The Hall–Kier alpha value is -0.0800. The Morgan fingerprint density at radius 3 is 2.73 bits per heavy atom. The van der Waals surface area contributed by atoms with Gasteiger partial charge in [0.25, 0.3) is 0 Å². The van der Waals surface area contributed by atoms with Gasteiger partial charge in [-0.1, -0.05) is 13.8 Å². The van der Waals surface area contributed by atoms with Gasteiger partial charge in [-0.05, 0) is 24.8 Å². The van der Waals surface area contributed by atoms with Gasteiger partial charge in [0.15, 0.2) is 0 Å². The third-order valence-electron chi connectivity index (χ3n) is 2.67. The molecule has 1 aliphatic rings. The van der Waals surface area contributed by atoms with Crippen molar-refractivity contribution < 1.29 is 5.11 Å². The average molecular weight is 157 g/mol. The van der Waals surface area contributed by atoms with Crippen molar-refractivity contribution >= 4 is 0 Å². The number of nitrogens with zero attached hydrogens (tertiary/aromatic N) is 1. The van der Waals surface area contributed by atoms with Crippen LogP contribution in [0.4, 0.5) is 0 Å². The number of hydrogen-bond donors (Lipinski definition) is 1. The van der Waals surface area contributed by atoms with Crippen molar-refractivity contribution in [2.24, 2.45) is 11.8 Å². The molecule has 0 amide bonds. The molecule has 1 heterocycles. The maximum atomic E-state index is 8.71. The van der Waals surface area contributed by atoms with Gasteiger partial charge in [0.05, 0.1) is 6.61 Å². The van der Waals surface area contributed by atoms with Crippen LogP contribution in [0, 0.1) is 11.8 Å². The molecule has 0 radical (unpaired) electrons. The van der Waals surface area contributed by atoms with Gasteiger partial charge < -0.3 is 10.0 Å². The minimum Gasteiger partial charge on any atom is -0.395 e. The molecule has 2 nitrogen and oxygen atoms in total. The van der Waals surface area contributed by atoms with Crippen molar-refractivity contribution in [1.82, 2.24) is 4.90 Å². The summed E-state index contributed by atoms with van der Waals surface area (Å²) < 4.78 is 0. The fraction of sp³-hybridized carbons (Fsp3) is 1.00. The van der Waals surface area contributed by atoms with Gasteiger partial charge in [-0.2, -0.15) is 0 Å². The predicted molar refractivity (Wildman–Crippen MR) is 46.5 cm³/mol. The lowest BCUT2D eigenvalue weighted by molar-refractivity contribution is 0.213. The molecule has 0 aromatic carbocycles. The van der Waals surface area contributed by atoms with Crippen molar-refractivity contribution in [3.63, 3.8) is 0 Å². The van der Waals surface area contributed by atoms with Crippen LogP contribution in [0.3, 0.4) is 0 Å². The molecule has 1 aliphatic heterocycles. The van der Waals surface area contributed by atoms with Crippen LogP contribution in [0.2, 0.25) is 0 Å². The molecule has 1 saturated heterocycles. The Morgan fingerprint density at radius 1 is 1.55 bits per heavy atom. The highest BCUT2D eigenvalue weighted by Gasteiger charge is 2.23. The molecule has 0 aliphatic carbocycles. The second-order valence-electron chi connectivity index (χ2n) is 3.82. The zero-order chi connectivity index (χ0) is 8.27. The third-order valence-corrected chi connectivity index (χ3v) is 2.67. The molecule has 1 unspecified atom stereocenters. The molecule has 11 heavy (non-hydrogen) atoms. The number of aliphatic hydroxyl groups is 1. The van der Waals surface area contributed by atoms with E-state index in [0.29, 0.717) is 6.61 Å². The molecule has 0 spiro atoms. The lowest BCUT2D eigenvalue weighted by Crippen LogP contribution is -2.25. The second-order valence-corrected chi connectivity index (χ2v) is 3.82. The molecule has 0 bridgehead atoms. The van der Waals surface area contributed by atoms with Gasteiger partial charge in [0, 0.05) is 13.1 Å². The summed E-state index contributed by atoms with van der Waals surface area (Å²) in [6, 6.07) is 0. The molecule has 1 atom stereocenters. The largest absolute Gasteiger partial charge is 0.395 e. The van der Waals surface area contributed by atoms with E-state index in [0.717, 1.165) is 18.4 Å². The maximum Gasteiger partial charge on any atom is 0.0558 e. The van der Waals surface area contributed by atoms with Crippen molar-refractivity contribution in [1.29, 1.82) is 0 Å². The summed E-state index contributed by atoms with van der Waals surface area (Å²) in [5.41, 5.74) is 0. The van der Waals surface area contributed by atoms with Crippen LogP contribution in [-0.2, 0) is 0 Å². The molecule has 2 heteroatoms. The molecular weight excluding hydrogens is 138 g/mol. The van der Waals surface area contributed by atoms with Gasteiger partial charge in [-0.15, -0.1) is 0 Å². The van der Waals surface area contributed by atoms with E-state index in [1.54, 1.807) is 0 Å². The average Bonchev–Trinajstić information content (AvgIpc) is 2.37. The summed E-state index contributed by atoms with van der Waals surface area (Å²) in [7, 11) is 0. The Labute approximate surface area is 69.2 Å². The summed E-state index contributed by atoms with van der Waals surface area (Å²) >= 11 is 0. The van der Waals surface area contributed by atoms with Crippen LogP contribution in [0.15, 0.2) is 0 Å². The highest BCUT2D eigenvalue weighted by molar-refractivity contribution is 4.76. The number of aliphatic hydroxyl groups excluding tert-OH is 1. The fourth-order valence-electron chi connectivity index (χ4n) is 1.75. The summed E-state index contributed by atoms with van der Waals surface area (Å²) in [4.78, 5) is 2.35. The normalized spacial score (nSPS) is 26.7. The monoisotopic (exact) mass is 157 g/mol. The Bertz CT molecular complexity index is 114. The summed E-state index contributed by atoms with van der Waals surface area (Å²) in [5, 5.41) is 8.71. The van der Waals surface area contributed by atoms with Gasteiger partial charge >= 0.3 is 0 Å². The molecule has 1 rings (SSSR count). The topological polar surface area (TPSA) is 23.5 Å². The standard InChI is InChI=1S/C9H19NO/c1-8(2)9-3-4-10(7-9)5-6-11/h8-9,11H,3-7H2,1-2H3. The Kier molecular flexibility index (Phi) is 3.34. The first-order valence-corrected chi connectivity index (χ1v) is 4.57. The SMILES string of the molecule is CC(C)C1CCN(CCO)C1. The van der Waals surface area contributed by atoms with Gasteiger partial charge in [0.1, 0.15) is 0 Å². The van der Waals surface area contributed by atoms with E-state index in [9.17, 15) is 0 Å². The first-order valence-electron chi connectivity index (χ1n) is 4.57. The first kappa shape index (κ1) is 9.01. The van der Waals surface area contributed by atoms with Crippen molar-refractivity contribution in [3.05, 3.63) is 0 Å². The fourth-order valence-corrected chi connectivity index (χ4v) is 1.75. The molecule has 0 saturated carbocycles. The second kappa shape index (κ2) is 4.07. The van der Waals surface area contributed by atoms with Gasteiger partial charge in [-0.25, -0.2) is 0 Å². The Morgan fingerprint density at radius 2 is 2.27 bits per heavy atom. The molecule has 0 aromatic rings. The van der Waals surface area contributed by atoms with Crippen LogP contribution in [-0.4, -0.2) is 36.2 Å². The van der Waals surface area contributed by atoms with Crippen LogP contribution >= 0.6 is 0 Å². The number of β-amino-alcohol motifs (C(OH)–C–C–N with tert-alkyl or cyclic N) is 1. The van der Waals surface area contributed by atoms with E-state index in [1.165, 1.54) is 19.5 Å². The number of rotatable bonds is 3. The number of likely N-dealkylation sites (tertiary alicyclic amines) is 1. The minimum atomic E-state index is 0.310. The molecule has 1 fully saturated rings. The lowest BCUT2D eigenvalue weighted by atomic mass is 9.95. The van der Waals surface area contributed by atoms with Gasteiger partial charge in [-0.3, -0.25) is 0 Å². The van der Waals surface area contributed by atoms with Crippen molar-refractivity contribution in [3.8, 4) is 0 Å². The summed E-state index contributed by atoms with van der Waals surface area (Å²) in [6.45, 7) is 8.12. The van der Waals surface area contributed by atoms with Crippen molar-refractivity contribution in [2.45, 2.75) is 20.3 Å². The highest BCUT2D eigenvalue weighted by Crippen LogP contribution is 2.22.